The average molecular weight is 561 g/mol. The highest BCUT2D eigenvalue weighted by Gasteiger charge is 2.24. The average Bonchev–Trinajstić information content (AvgIpc) is 2.86. The van der Waals surface area contributed by atoms with Gasteiger partial charge in [0.15, 0.2) is 0 Å². The molecule has 3 N–H and O–H groups in total. The smallest absolute Gasteiger partial charge is 0.252 e. The van der Waals surface area contributed by atoms with E-state index >= 15 is 0 Å². The molecule has 1 aliphatic carbocycles. The number of nitrogens with zero attached hydrogens (tertiary/aromatic N) is 3. The fourth-order valence-corrected chi connectivity index (χ4v) is 5.41. The van der Waals surface area contributed by atoms with Gasteiger partial charge in [0.2, 0.25) is 0 Å². The molecule has 0 radical (unpaired) electrons. The lowest BCUT2D eigenvalue weighted by Gasteiger charge is -2.33. The van der Waals surface area contributed by atoms with Gasteiger partial charge in [0.25, 0.3) is 5.91 Å². The minimum Gasteiger partial charge on any atom is -0.357 e. The fraction of sp³-hybridized carbons (Fsp3) is 0.630. The quantitative estimate of drug-likeness (QED) is 0.466. The minimum atomic E-state index is 0. The van der Waals surface area contributed by atoms with Gasteiger partial charge in [0.05, 0.1) is 11.1 Å². The molecular weight excluding hydrogens is 517 g/mol. The number of pyridine rings is 1. The van der Waals surface area contributed by atoms with Gasteiger partial charge >= 0.3 is 0 Å². The molecule has 6 nitrogen and oxygen atoms in total. The Morgan fingerprint density at radius 3 is 2.28 bits per heavy atom. The van der Waals surface area contributed by atoms with Gasteiger partial charge in [-0.25, -0.2) is 4.98 Å². The summed E-state index contributed by atoms with van der Waals surface area (Å²) in [6, 6.07) is 10.0. The number of carbonyl (C=O) groups excluding carboxylic acids is 1. The molecule has 0 atom stereocenters. The first-order chi connectivity index (χ1) is 16.0. The summed E-state index contributed by atoms with van der Waals surface area (Å²) in [5.41, 5.74) is 7.48. The van der Waals surface area contributed by atoms with E-state index in [1.807, 2.05) is 30.3 Å². The molecule has 1 saturated heterocycles. The number of hydrogen-bond donors (Lipinski definition) is 2. The van der Waals surface area contributed by atoms with E-state index in [1.165, 1.54) is 32.1 Å². The Balaban J connectivity index is 0.00000216. The molecule has 1 aliphatic heterocycles. The molecule has 2 fully saturated rings. The van der Waals surface area contributed by atoms with Crippen LogP contribution in [0.5, 0.6) is 0 Å². The Labute approximate surface area is 235 Å². The molecule has 4 rings (SSSR count). The number of nitrogens with two attached hydrogens (primary N) is 1. The molecule has 0 spiro atoms. The second kappa shape index (κ2) is 15.8. The highest BCUT2D eigenvalue weighted by molar-refractivity contribution is 6.07. The van der Waals surface area contributed by atoms with Crippen molar-refractivity contribution in [3.63, 3.8) is 0 Å². The number of amides is 1. The molecule has 2 aromatic rings. The Kier molecular flexibility index (Phi) is 14.4. The largest absolute Gasteiger partial charge is 0.357 e. The predicted octanol–water partition coefficient (Wildman–Crippen LogP) is 5.16. The first kappa shape index (κ1) is 32.7. The van der Waals surface area contributed by atoms with Gasteiger partial charge in [0.1, 0.15) is 5.82 Å². The van der Waals surface area contributed by atoms with Crippen LogP contribution in [0.15, 0.2) is 30.3 Å². The zero-order valence-electron chi connectivity index (χ0n) is 21.7. The van der Waals surface area contributed by atoms with Gasteiger partial charge in [0, 0.05) is 25.0 Å². The number of para-hydroxylation sites is 1. The van der Waals surface area contributed by atoms with Crippen LogP contribution in [-0.2, 0) is 0 Å². The molecular formula is C27H44Cl3N5O. The first-order valence-electron chi connectivity index (χ1n) is 12.8. The van der Waals surface area contributed by atoms with E-state index in [2.05, 4.69) is 29.2 Å². The summed E-state index contributed by atoms with van der Waals surface area (Å²) in [5, 5.41) is 4.17. The number of anilines is 1. The first-order valence-corrected chi connectivity index (χ1v) is 12.8. The number of fused-ring (bicyclic) bond motifs is 1. The lowest BCUT2D eigenvalue weighted by atomic mass is 9.82. The summed E-state index contributed by atoms with van der Waals surface area (Å²) in [7, 11) is 4.29. The Hall–Kier alpha value is -1.31. The van der Waals surface area contributed by atoms with Crippen molar-refractivity contribution < 1.29 is 4.79 Å². The minimum absolute atomic E-state index is 0. The van der Waals surface area contributed by atoms with Crippen LogP contribution < -0.4 is 16.0 Å². The van der Waals surface area contributed by atoms with Gasteiger partial charge in [-0.2, -0.15) is 0 Å². The maximum atomic E-state index is 13.3. The molecule has 204 valence electrons. The second-order valence-electron chi connectivity index (χ2n) is 10.4. The van der Waals surface area contributed by atoms with E-state index in [1.54, 1.807) is 0 Å². The van der Waals surface area contributed by atoms with E-state index in [9.17, 15) is 4.79 Å². The van der Waals surface area contributed by atoms with E-state index in [4.69, 9.17) is 10.7 Å². The van der Waals surface area contributed by atoms with Crippen LogP contribution in [0.4, 0.5) is 5.82 Å². The van der Waals surface area contributed by atoms with E-state index in [0.717, 1.165) is 73.8 Å². The van der Waals surface area contributed by atoms with Crippen LogP contribution in [-0.4, -0.2) is 62.6 Å². The van der Waals surface area contributed by atoms with Gasteiger partial charge in [-0.05, 0) is 102 Å². The van der Waals surface area contributed by atoms with E-state index in [-0.39, 0.29) is 43.1 Å². The van der Waals surface area contributed by atoms with Crippen LogP contribution in [0, 0.1) is 17.8 Å². The number of carbonyl (C=O) groups is 1. The van der Waals surface area contributed by atoms with Crippen LogP contribution in [0.3, 0.4) is 0 Å². The Morgan fingerprint density at radius 2 is 1.64 bits per heavy atom. The topological polar surface area (TPSA) is 74.5 Å². The summed E-state index contributed by atoms with van der Waals surface area (Å²) in [6.45, 7) is 4.71. The predicted molar refractivity (Wildman–Crippen MR) is 158 cm³/mol. The number of halogens is 3. The Bertz CT molecular complexity index is 929. The molecule has 2 heterocycles. The third-order valence-electron chi connectivity index (χ3n) is 7.72. The summed E-state index contributed by atoms with van der Waals surface area (Å²) in [5.74, 6) is 2.97. The van der Waals surface area contributed by atoms with Crippen LogP contribution in [0.25, 0.3) is 10.9 Å². The van der Waals surface area contributed by atoms with Crippen molar-refractivity contribution in [2.24, 2.45) is 23.5 Å². The Morgan fingerprint density at radius 1 is 1.00 bits per heavy atom. The molecule has 36 heavy (non-hydrogen) atoms. The zero-order valence-corrected chi connectivity index (χ0v) is 24.1. The van der Waals surface area contributed by atoms with Crippen molar-refractivity contribution in [2.45, 2.75) is 44.9 Å². The van der Waals surface area contributed by atoms with E-state index < -0.39 is 0 Å². The third-order valence-corrected chi connectivity index (χ3v) is 7.72. The molecule has 1 aromatic carbocycles. The van der Waals surface area contributed by atoms with Crippen molar-refractivity contribution in [2.75, 3.05) is 51.7 Å². The fourth-order valence-electron chi connectivity index (χ4n) is 5.41. The molecule has 2 aliphatic rings. The lowest BCUT2D eigenvalue weighted by molar-refractivity contribution is 0.0943. The van der Waals surface area contributed by atoms with Crippen LogP contribution in [0.2, 0.25) is 0 Å². The van der Waals surface area contributed by atoms with Crippen molar-refractivity contribution in [3.8, 4) is 0 Å². The monoisotopic (exact) mass is 559 g/mol. The third kappa shape index (κ3) is 8.63. The summed E-state index contributed by atoms with van der Waals surface area (Å²) in [4.78, 5) is 22.8. The van der Waals surface area contributed by atoms with Crippen molar-refractivity contribution >= 4 is 59.8 Å². The van der Waals surface area contributed by atoms with Crippen LogP contribution >= 0.6 is 37.2 Å². The zero-order chi connectivity index (χ0) is 23.2. The number of rotatable bonds is 8. The lowest BCUT2D eigenvalue weighted by Crippen LogP contribution is -2.36. The van der Waals surface area contributed by atoms with Crippen molar-refractivity contribution in [1.29, 1.82) is 0 Å². The molecule has 1 saturated carbocycles. The normalized spacial score (nSPS) is 20.3. The van der Waals surface area contributed by atoms with Gasteiger partial charge < -0.3 is 20.9 Å². The van der Waals surface area contributed by atoms with Crippen molar-refractivity contribution in [3.05, 3.63) is 35.9 Å². The number of nitrogens with one attached hydrogen (secondary N) is 1. The van der Waals surface area contributed by atoms with Gasteiger partial charge in [-0.1, -0.05) is 18.2 Å². The number of benzene rings is 1. The van der Waals surface area contributed by atoms with Gasteiger partial charge in [-0.3, -0.25) is 4.79 Å². The van der Waals surface area contributed by atoms with Crippen molar-refractivity contribution in [1.82, 2.24) is 15.2 Å². The molecule has 1 aromatic heterocycles. The summed E-state index contributed by atoms with van der Waals surface area (Å²) >= 11 is 0. The summed E-state index contributed by atoms with van der Waals surface area (Å²) in [6.07, 6.45) is 8.33. The molecule has 0 unspecified atom stereocenters. The van der Waals surface area contributed by atoms with Gasteiger partial charge in [-0.15, -0.1) is 37.2 Å². The number of hydrogen-bond acceptors (Lipinski definition) is 5. The maximum absolute atomic E-state index is 13.3. The maximum Gasteiger partial charge on any atom is 0.252 e. The second-order valence-corrected chi connectivity index (χ2v) is 10.4. The molecule has 1 amide bonds. The highest BCUT2D eigenvalue weighted by atomic mass is 35.5. The number of piperidine rings is 1. The summed E-state index contributed by atoms with van der Waals surface area (Å²) < 4.78 is 0. The standard InChI is InChI=1S/C27H41N5O.3ClH/c1-31(2)14-11-20-12-15-32(16-13-20)26-17-24(23-5-3-4-6-25(23)30-26)27(33)29-19-22-9-7-21(18-28)8-10-22;;;/h3-6,17,20-22H,7-16,18-19,28H2,1-2H3,(H,29,33);3*1H. The highest BCUT2D eigenvalue weighted by Crippen LogP contribution is 2.29. The van der Waals surface area contributed by atoms with E-state index in [0.29, 0.717) is 11.8 Å². The molecule has 9 heteroatoms. The molecule has 0 bridgehead atoms. The number of aromatic nitrogens is 1. The SMILES string of the molecule is CN(C)CCC1CCN(c2cc(C(=O)NCC3CCC(CN)CC3)c3ccccc3n2)CC1.Cl.Cl.Cl. The van der Waals surface area contributed by atoms with Crippen LogP contribution in [0.1, 0.15) is 55.3 Å².